The Morgan fingerprint density at radius 1 is 1.40 bits per heavy atom. The van der Waals surface area contributed by atoms with Crippen LogP contribution in [-0.4, -0.2) is 38.0 Å². The van der Waals surface area contributed by atoms with Crippen LogP contribution in [0.2, 0.25) is 0 Å². The van der Waals surface area contributed by atoms with Gasteiger partial charge >= 0.3 is 0 Å². The lowest BCUT2D eigenvalue weighted by atomic mass is 9.98. The van der Waals surface area contributed by atoms with E-state index in [0.29, 0.717) is 0 Å². The predicted octanol–water partition coefficient (Wildman–Crippen LogP) is 2.57. The highest BCUT2D eigenvalue weighted by atomic mass is 16.5. The van der Waals surface area contributed by atoms with E-state index >= 15 is 0 Å². The summed E-state index contributed by atoms with van der Waals surface area (Å²) < 4.78 is 5.52. The van der Waals surface area contributed by atoms with E-state index in [2.05, 4.69) is 30.1 Å². The van der Waals surface area contributed by atoms with Gasteiger partial charge in [0.15, 0.2) is 0 Å². The minimum atomic E-state index is -0.326. The van der Waals surface area contributed by atoms with Gasteiger partial charge in [-0.25, -0.2) is 0 Å². The summed E-state index contributed by atoms with van der Waals surface area (Å²) >= 11 is 0. The Morgan fingerprint density at radius 2 is 2.05 bits per heavy atom. The van der Waals surface area contributed by atoms with E-state index in [9.17, 15) is 5.11 Å². The summed E-state index contributed by atoms with van der Waals surface area (Å²) in [5, 5.41) is 13.0. The first-order valence-corrected chi connectivity index (χ1v) is 7.14. The van der Waals surface area contributed by atoms with E-state index in [1.54, 1.807) is 7.11 Å². The van der Waals surface area contributed by atoms with Crippen molar-refractivity contribution in [3.8, 4) is 5.75 Å². The van der Waals surface area contributed by atoms with Gasteiger partial charge in [0.2, 0.25) is 0 Å². The molecule has 0 heterocycles. The number of nitrogens with zero attached hydrogens (tertiary/aromatic N) is 1. The first kappa shape index (κ1) is 16.8. The number of aliphatic hydroxyl groups excluding tert-OH is 1. The number of anilines is 1. The van der Waals surface area contributed by atoms with E-state index in [0.717, 1.165) is 23.5 Å². The molecule has 0 bridgehead atoms. The number of hydrogen-bond acceptors (Lipinski definition) is 4. The third kappa shape index (κ3) is 3.44. The van der Waals surface area contributed by atoms with Crippen molar-refractivity contribution in [1.82, 2.24) is 5.32 Å². The van der Waals surface area contributed by atoms with Crippen molar-refractivity contribution in [2.75, 3.05) is 32.2 Å². The Morgan fingerprint density at radius 3 is 2.55 bits per heavy atom. The summed E-state index contributed by atoms with van der Waals surface area (Å²) in [6, 6.07) is 6.22. The first-order chi connectivity index (χ1) is 9.38. The minimum absolute atomic E-state index is 0.0930. The molecule has 1 aromatic carbocycles. The zero-order valence-electron chi connectivity index (χ0n) is 13.5. The van der Waals surface area contributed by atoms with E-state index < -0.39 is 0 Å². The molecule has 1 unspecified atom stereocenters. The second-order valence-corrected chi connectivity index (χ2v) is 5.70. The zero-order chi connectivity index (χ0) is 15.3. The van der Waals surface area contributed by atoms with Gasteiger partial charge in [0.1, 0.15) is 5.75 Å². The molecule has 1 atom stereocenters. The maximum Gasteiger partial charge on any atom is 0.125 e. The lowest BCUT2D eigenvalue weighted by molar-refractivity contribution is 0.216. The lowest BCUT2D eigenvalue weighted by Crippen LogP contribution is -2.45. The van der Waals surface area contributed by atoms with Gasteiger partial charge in [0.05, 0.1) is 19.3 Å². The third-order valence-corrected chi connectivity index (χ3v) is 3.86. The molecular formula is C16H28N2O2. The molecule has 0 spiro atoms. The van der Waals surface area contributed by atoms with Crippen molar-refractivity contribution in [3.63, 3.8) is 0 Å². The van der Waals surface area contributed by atoms with Crippen LogP contribution in [0.5, 0.6) is 5.75 Å². The van der Waals surface area contributed by atoms with Crippen LogP contribution in [0.15, 0.2) is 18.2 Å². The van der Waals surface area contributed by atoms with Crippen LogP contribution in [0.1, 0.15) is 39.3 Å². The Labute approximate surface area is 122 Å². The zero-order valence-corrected chi connectivity index (χ0v) is 13.5. The monoisotopic (exact) mass is 280 g/mol. The highest BCUT2D eigenvalue weighted by molar-refractivity contribution is 5.61. The summed E-state index contributed by atoms with van der Waals surface area (Å²) in [6.45, 7) is 9.25. The van der Waals surface area contributed by atoms with Crippen LogP contribution < -0.4 is 15.0 Å². The highest BCUT2D eigenvalue weighted by Crippen LogP contribution is 2.36. The molecule has 0 saturated carbocycles. The van der Waals surface area contributed by atoms with Crippen LogP contribution in [0.3, 0.4) is 0 Å². The van der Waals surface area contributed by atoms with Crippen LogP contribution in [-0.2, 0) is 0 Å². The average molecular weight is 280 g/mol. The van der Waals surface area contributed by atoms with Gasteiger partial charge in [-0.1, -0.05) is 13.0 Å². The smallest absolute Gasteiger partial charge is 0.125 e. The molecule has 0 saturated heterocycles. The molecule has 1 rings (SSSR count). The number of aliphatic hydroxyl groups is 1. The number of rotatable bonds is 7. The quantitative estimate of drug-likeness (QED) is 0.806. The SMILES string of the molecule is CCNC(C)c1c(OC)cccc1N(C)C(C)(C)CO. The van der Waals surface area contributed by atoms with E-state index in [-0.39, 0.29) is 18.2 Å². The molecule has 0 radical (unpaired) electrons. The summed E-state index contributed by atoms with van der Waals surface area (Å²) in [5.74, 6) is 0.872. The van der Waals surface area contributed by atoms with Crippen LogP contribution in [0.25, 0.3) is 0 Å². The number of nitrogens with one attached hydrogen (secondary N) is 1. The van der Waals surface area contributed by atoms with Crippen molar-refractivity contribution in [2.45, 2.75) is 39.3 Å². The average Bonchev–Trinajstić information content (AvgIpc) is 2.45. The standard InChI is InChI=1S/C16H28N2O2/c1-7-17-12(2)15-13(9-8-10-14(15)20-6)18(5)16(3,4)11-19/h8-10,12,17,19H,7,11H2,1-6H3. The third-order valence-electron chi connectivity index (χ3n) is 3.86. The molecule has 0 aliphatic heterocycles. The van der Waals surface area contributed by atoms with Crippen molar-refractivity contribution < 1.29 is 9.84 Å². The Kier molecular flexibility index (Phi) is 5.84. The van der Waals surface area contributed by atoms with Gasteiger partial charge in [-0.15, -0.1) is 0 Å². The number of benzene rings is 1. The van der Waals surface area contributed by atoms with Crippen LogP contribution >= 0.6 is 0 Å². The molecule has 20 heavy (non-hydrogen) atoms. The Balaban J connectivity index is 3.31. The maximum atomic E-state index is 9.60. The van der Waals surface area contributed by atoms with Gasteiger partial charge in [-0.05, 0) is 39.4 Å². The van der Waals surface area contributed by atoms with Crippen molar-refractivity contribution >= 4 is 5.69 Å². The van der Waals surface area contributed by atoms with Gasteiger partial charge in [-0.3, -0.25) is 0 Å². The molecule has 0 fully saturated rings. The van der Waals surface area contributed by atoms with E-state index in [4.69, 9.17) is 4.74 Å². The molecule has 0 aliphatic carbocycles. The largest absolute Gasteiger partial charge is 0.496 e. The minimum Gasteiger partial charge on any atom is -0.496 e. The lowest BCUT2D eigenvalue weighted by Gasteiger charge is -2.38. The molecule has 4 nitrogen and oxygen atoms in total. The van der Waals surface area contributed by atoms with E-state index in [1.165, 1.54) is 0 Å². The second kappa shape index (κ2) is 6.95. The Hall–Kier alpha value is -1.26. The first-order valence-electron chi connectivity index (χ1n) is 7.14. The maximum absolute atomic E-state index is 9.60. The fourth-order valence-electron chi connectivity index (χ4n) is 2.28. The molecule has 2 N–H and O–H groups in total. The molecule has 0 aromatic heterocycles. The number of ether oxygens (including phenoxy) is 1. The molecule has 114 valence electrons. The van der Waals surface area contributed by atoms with Gasteiger partial charge in [0, 0.05) is 24.3 Å². The van der Waals surface area contributed by atoms with E-state index in [1.807, 2.05) is 33.0 Å². The molecular weight excluding hydrogens is 252 g/mol. The van der Waals surface area contributed by atoms with Crippen molar-refractivity contribution in [3.05, 3.63) is 23.8 Å². The predicted molar refractivity (Wildman–Crippen MR) is 84.7 cm³/mol. The summed E-state index contributed by atoms with van der Waals surface area (Å²) in [6.07, 6.45) is 0. The summed E-state index contributed by atoms with van der Waals surface area (Å²) in [4.78, 5) is 2.11. The number of methoxy groups -OCH3 is 1. The summed E-state index contributed by atoms with van der Waals surface area (Å²) in [5.41, 5.74) is 1.88. The molecule has 4 heteroatoms. The highest BCUT2D eigenvalue weighted by Gasteiger charge is 2.27. The summed E-state index contributed by atoms with van der Waals surface area (Å²) in [7, 11) is 3.70. The number of hydrogen-bond donors (Lipinski definition) is 2. The van der Waals surface area contributed by atoms with Crippen molar-refractivity contribution in [1.29, 1.82) is 0 Å². The van der Waals surface area contributed by atoms with Crippen LogP contribution in [0.4, 0.5) is 5.69 Å². The second-order valence-electron chi connectivity index (χ2n) is 5.70. The fraction of sp³-hybridized carbons (Fsp3) is 0.625. The molecule has 0 aliphatic rings. The normalized spacial score (nSPS) is 13.2. The fourth-order valence-corrected chi connectivity index (χ4v) is 2.28. The topological polar surface area (TPSA) is 44.7 Å². The van der Waals surface area contributed by atoms with Crippen LogP contribution in [0, 0.1) is 0 Å². The molecule has 0 amide bonds. The van der Waals surface area contributed by atoms with Gasteiger partial charge in [0.25, 0.3) is 0 Å². The Bertz CT molecular complexity index is 432. The van der Waals surface area contributed by atoms with Gasteiger partial charge in [-0.2, -0.15) is 0 Å². The van der Waals surface area contributed by atoms with Gasteiger partial charge < -0.3 is 20.1 Å². The van der Waals surface area contributed by atoms with Crippen molar-refractivity contribution in [2.24, 2.45) is 0 Å². The molecule has 1 aromatic rings. The number of likely N-dealkylation sites (N-methyl/N-ethyl adjacent to an activating group) is 1.